The van der Waals surface area contributed by atoms with Crippen LogP contribution < -0.4 is 0 Å². The van der Waals surface area contributed by atoms with Crippen molar-refractivity contribution in [3.8, 4) is 55.9 Å². The molecule has 0 bridgehead atoms. The molecule has 2 heterocycles. The van der Waals surface area contributed by atoms with Crippen LogP contribution in [0.15, 0.2) is 146 Å². The van der Waals surface area contributed by atoms with Gasteiger partial charge in [0.2, 0.25) is 0 Å². The van der Waals surface area contributed by atoms with Crippen LogP contribution in [0.5, 0.6) is 0 Å². The van der Waals surface area contributed by atoms with E-state index in [1.54, 1.807) is 11.3 Å². The van der Waals surface area contributed by atoms with Crippen LogP contribution in [0.1, 0.15) is 25.0 Å². The van der Waals surface area contributed by atoms with Crippen LogP contribution in [-0.4, -0.2) is 19.9 Å². The van der Waals surface area contributed by atoms with Gasteiger partial charge in [-0.1, -0.05) is 141 Å². The molecule has 0 amide bonds. The maximum absolute atomic E-state index is 5.34. The number of aromatic nitrogens is 4. The fraction of sp³-hybridized carbons (Fsp3) is 0.0667. The highest BCUT2D eigenvalue weighted by atomic mass is 32.1. The lowest BCUT2D eigenvalue weighted by Crippen LogP contribution is -2.14. The third-order valence-corrected chi connectivity index (χ3v) is 11.2. The molecule has 7 aromatic carbocycles. The van der Waals surface area contributed by atoms with Gasteiger partial charge in [-0.15, -0.1) is 11.3 Å². The first-order valence-corrected chi connectivity index (χ1v) is 17.7. The molecule has 9 aromatic rings. The van der Waals surface area contributed by atoms with Crippen molar-refractivity contribution in [2.45, 2.75) is 19.3 Å². The van der Waals surface area contributed by atoms with Crippen LogP contribution in [0.3, 0.4) is 0 Å². The molecular weight excluding hydrogens is 629 g/mol. The molecule has 5 heteroatoms. The third kappa shape index (κ3) is 4.51. The van der Waals surface area contributed by atoms with E-state index in [4.69, 9.17) is 19.9 Å². The first-order chi connectivity index (χ1) is 24.5. The number of benzene rings is 7. The molecule has 2 aromatic heterocycles. The summed E-state index contributed by atoms with van der Waals surface area (Å²) in [5.41, 5.74) is 10.4. The van der Waals surface area contributed by atoms with E-state index < -0.39 is 0 Å². The van der Waals surface area contributed by atoms with Crippen LogP contribution in [0.25, 0.3) is 87.6 Å². The maximum Gasteiger partial charge on any atom is 0.164 e. The summed E-state index contributed by atoms with van der Waals surface area (Å²) in [6.07, 6.45) is 0. The predicted octanol–water partition coefficient (Wildman–Crippen LogP) is 11.8. The first kappa shape index (κ1) is 28.9. The molecule has 0 saturated carbocycles. The van der Waals surface area contributed by atoms with Gasteiger partial charge in [0.1, 0.15) is 5.01 Å². The smallest absolute Gasteiger partial charge is 0.164 e. The molecule has 1 aliphatic carbocycles. The largest absolute Gasteiger partial charge is 0.235 e. The number of nitrogens with zero attached hydrogens (tertiary/aromatic N) is 4. The SMILES string of the molecule is CC1(C)c2ccccc2-c2ccc(-c3nc4c(ccc5ccc6cc(-c7nc(-c8ccccc8)nc(-c8ccccc8)n7)ccc6c54)s3)cc21. The summed E-state index contributed by atoms with van der Waals surface area (Å²) >= 11 is 1.76. The van der Waals surface area contributed by atoms with Crippen molar-refractivity contribution in [3.63, 3.8) is 0 Å². The highest BCUT2D eigenvalue weighted by Gasteiger charge is 2.35. The molecular formula is C45H30N4S. The molecule has 0 fully saturated rings. The lowest BCUT2D eigenvalue weighted by Gasteiger charge is -2.21. The minimum Gasteiger partial charge on any atom is -0.235 e. The topological polar surface area (TPSA) is 51.6 Å². The highest BCUT2D eigenvalue weighted by Crippen LogP contribution is 2.50. The van der Waals surface area contributed by atoms with E-state index in [0.717, 1.165) is 32.6 Å². The van der Waals surface area contributed by atoms with E-state index >= 15 is 0 Å². The fourth-order valence-corrected chi connectivity index (χ4v) is 8.55. The van der Waals surface area contributed by atoms with Gasteiger partial charge < -0.3 is 0 Å². The van der Waals surface area contributed by atoms with Crippen molar-refractivity contribution < 1.29 is 0 Å². The van der Waals surface area contributed by atoms with E-state index in [2.05, 4.69) is 98.8 Å². The molecule has 0 atom stereocenters. The second-order valence-corrected chi connectivity index (χ2v) is 14.5. The van der Waals surface area contributed by atoms with E-state index in [1.165, 1.54) is 48.7 Å². The number of thiazole rings is 1. The second-order valence-electron chi connectivity index (χ2n) is 13.5. The average Bonchev–Trinajstić information content (AvgIpc) is 3.71. The summed E-state index contributed by atoms with van der Waals surface area (Å²) in [6, 6.07) is 51.2. The van der Waals surface area contributed by atoms with Crippen LogP contribution in [0.4, 0.5) is 0 Å². The lowest BCUT2D eigenvalue weighted by molar-refractivity contribution is 0.660. The third-order valence-electron chi connectivity index (χ3n) is 10.1. The highest BCUT2D eigenvalue weighted by molar-refractivity contribution is 7.21. The van der Waals surface area contributed by atoms with Crippen molar-refractivity contribution in [2.24, 2.45) is 0 Å². The molecule has 0 aliphatic heterocycles. The lowest BCUT2D eigenvalue weighted by atomic mass is 9.82. The van der Waals surface area contributed by atoms with Gasteiger partial charge in [0.05, 0.1) is 10.2 Å². The number of rotatable bonds is 4. The summed E-state index contributed by atoms with van der Waals surface area (Å²) in [5.74, 6) is 1.96. The van der Waals surface area contributed by atoms with Gasteiger partial charge in [-0.2, -0.15) is 0 Å². The number of hydrogen-bond acceptors (Lipinski definition) is 5. The van der Waals surface area contributed by atoms with Crippen LogP contribution in [0, 0.1) is 0 Å². The summed E-state index contributed by atoms with van der Waals surface area (Å²) in [6.45, 7) is 4.66. The maximum atomic E-state index is 5.34. The van der Waals surface area contributed by atoms with Gasteiger partial charge >= 0.3 is 0 Å². The Balaban J connectivity index is 1.10. The second kappa shape index (κ2) is 11.0. The predicted molar refractivity (Wildman–Crippen MR) is 207 cm³/mol. The van der Waals surface area contributed by atoms with E-state index in [1.807, 2.05) is 60.7 Å². The van der Waals surface area contributed by atoms with Crippen molar-refractivity contribution in [1.82, 2.24) is 19.9 Å². The van der Waals surface area contributed by atoms with Gasteiger partial charge in [0.15, 0.2) is 17.5 Å². The van der Waals surface area contributed by atoms with E-state index in [0.29, 0.717) is 17.5 Å². The summed E-state index contributed by atoms with van der Waals surface area (Å²) < 4.78 is 1.18. The Morgan fingerprint density at radius 3 is 1.80 bits per heavy atom. The minimum atomic E-state index is -0.0541. The summed E-state index contributed by atoms with van der Waals surface area (Å²) in [5, 5.41) is 5.69. The zero-order chi connectivity index (χ0) is 33.4. The standard InChI is InChI=1S/C45H30N4S/c1-45(2)36-16-10-9-15-34(36)35-23-20-32(26-37(35)45)44-46-40-38(50-44)24-21-27-17-18-30-25-31(19-22-33(30)39(27)40)43-48-41(28-11-5-3-6-12-28)47-42(49-43)29-13-7-4-8-14-29/h3-26H,1-2H3. The zero-order valence-electron chi connectivity index (χ0n) is 27.6. The van der Waals surface area contributed by atoms with Crippen molar-refractivity contribution >= 4 is 43.1 Å². The summed E-state index contributed by atoms with van der Waals surface area (Å²) in [4.78, 5) is 20.2. The average molecular weight is 659 g/mol. The molecule has 0 saturated heterocycles. The van der Waals surface area contributed by atoms with Crippen molar-refractivity contribution in [1.29, 1.82) is 0 Å². The zero-order valence-corrected chi connectivity index (χ0v) is 28.4. The molecule has 50 heavy (non-hydrogen) atoms. The minimum absolute atomic E-state index is 0.0541. The Labute approximate surface area is 293 Å². The Bertz CT molecular complexity index is 2730. The summed E-state index contributed by atoms with van der Waals surface area (Å²) in [7, 11) is 0. The van der Waals surface area contributed by atoms with Gasteiger partial charge in [-0.3, -0.25) is 0 Å². The Kier molecular flexibility index (Phi) is 6.36. The molecule has 236 valence electrons. The molecule has 10 rings (SSSR count). The van der Waals surface area contributed by atoms with E-state index in [-0.39, 0.29) is 5.41 Å². The fourth-order valence-electron chi connectivity index (χ4n) is 7.58. The molecule has 0 N–H and O–H groups in total. The molecule has 0 unspecified atom stereocenters. The molecule has 4 nitrogen and oxygen atoms in total. The molecule has 0 radical (unpaired) electrons. The van der Waals surface area contributed by atoms with Gasteiger partial charge in [0, 0.05) is 33.1 Å². The number of fused-ring (bicyclic) bond motifs is 8. The van der Waals surface area contributed by atoms with Crippen LogP contribution in [-0.2, 0) is 5.41 Å². The Morgan fingerprint density at radius 2 is 1.06 bits per heavy atom. The quantitative estimate of drug-likeness (QED) is 0.177. The Morgan fingerprint density at radius 1 is 0.460 bits per heavy atom. The number of hydrogen-bond donors (Lipinski definition) is 0. The normalized spacial score (nSPS) is 13.2. The Hall–Kier alpha value is -6.04. The molecule has 0 spiro atoms. The van der Waals surface area contributed by atoms with Crippen molar-refractivity contribution in [2.75, 3.05) is 0 Å². The monoisotopic (exact) mass is 658 g/mol. The first-order valence-electron chi connectivity index (χ1n) is 16.9. The van der Waals surface area contributed by atoms with Gasteiger partial charge in [0.25, 0.3) is 0 Å². The van der Waals surface area contributed by atoms with E-state index in [9.17, 15) is 0 Å². The van der Waals surface area contributed by atoms with Gasteiger partial charge in [-0.05, 0) is 56.6 Å². The van der Waals surface area contributed by atoms with Crippen LogP contribution in [0.2, 0.25) is 0 Å². The van der Waals surface area contributed by atoms with Crippen molar-refractivity contribution in [3.05, 3.63) is 157 Å². The van der Waals surface area contributed by atoms with Crippen LogP contribution >= 0.6 is 11.3 Å². The molecule has 1 aliphatic rings. The van der Waals surface area contributed by atoms with Gasteiger partial charge in [-0.25, -0.2) is 19.9 Å².